The Morgan fingerprint density at radius 1 is 1.65 bits per heavy atom. The van der Waals surface area contributed by atoms with Gasteiger partial charge < -0.3 is 19.2 Å². The molecule has 1 aliphatic rings. The van der Waals surface area contributed by atoms with Gasteiger partial charge in [-0.25, -0.2) is 4.79 Å². The van der Waals surface area contributed by atoms with E-state index in [2.05, 4.69) is 4.98 Å². The third kappa shape index (κ3) is 2.76. The van der Waals surface area contributed by atoms with E-state index in [-0.39, 0.29) is 5.69 Å². The van der Waals surface area contributed by atoms with E-state index >= 15 is 0 Å². The fourth-order valence-corrected chi connectivity index (χ4v) is 2.03. The Morgan fingerprint density at radius 3 is 2.88 bits per heavy atom. The van der Waals surface area contributed by atoms with Crippen LogP contribution in [0.15, 0.2) is 10.7 Å². The molecular formula is C11H16N2O4. The Labute approximate surface area is 99.2 Å². The van der Waals surface area contributed by atoms with Crippen molar-refractivity contribution in [1.29, 1.82) is 0 Å². The van der Waals surface area contributed by atoms with Gasteiger partial charge in [-0.15, -0.1) is 0 Å². The van der Waals surface area contributed by atoms with Crippen LogP contribution < -0.4 is 4.90 Å². The predicted molar refractivity (Wildman–Crippen MR) is 60.3 cm³/mol. The molecular weight excluding hydrogens is 224 g/mol. The predicted octanol–water partition coefficient (Wildman–Crippen LogP) is 1.24. The molecule has 0 aliphatic carbocycles. The first kappa shape index (κ1) is 11.9. The summed E-state index contributed by atoms with van der Waals surface area (Å²) in [5.74, 6) is -0.487. The van der Waals surface area contributed by atoms with Crippen molar-refractivity contribution in [3.05, 3.63) is 12.0 Å². The Bertz CT molecular complexity index is 383. The van der Waals surface area contributed by atoms with E-state index in [4.69, 9.17) is 14.3 Å². The normalized spacial score (nSPS) is 17.4. The molecule has 0 atom stereocenters. The maximum atomic E-state index is 10.7. The number of carbonyl (C=O) groups is 1. The molecule has 0 spiro atoms. The van der Waals surface area contributed by atoms with Gasteiger partial charge in [-0.2, -0.15) is 4.98 Å². The van der Waals surface area contributed by atoms with Gasteiger partial charge in [0.1, 0.15) is 6.26 Å². The van der Waals surface area contributed by atoms with Crippen molar-refractivity contribution in [2.45, 2.75) is 12.8 Å². The largest absolute Gasteiger partial charge is 0.476 e. The number of carboxylic acid groups (broad SMARTS) is 1. The van der Waals surface area contributed by atoms with Crippen LogP contribution in [0.3, 0.4) is 0 Å². The molecule has 0 unspecified atom stereocenters. The molecule has 6 nitrogen and oxygen atoms in total. The minimum Gasteiger partial charge on any atom is -0.476 e. The van der Waals surface area contributed by atoms with E-state index in [1.807, 2.05) is 4.90 Å². The molecule has 1 aromatic heterocycles. The highest BCUT2D eigenvalue weighted by Crippen LogP contribution is 2.22. The lowest BCUT2D eigenvalue weighted by molar-refractivity contribution is 0.0690. The summed E-state index contributed by atoms with van der Waals surface area (Å²) < 4.78 is 10.3. The Balaban J connectivity index is 1.93. The maximum absolute atomic E-state index is 10.7. The molecule has 2 heterocycles. The summed E-state index contributed by atoms with van der Waals surface area (Å²) in [7, 11) is 1.71. The summed E-state index contributed by atoms with van der Waals surface area (Å²) in [5, 5.41) is 8.75. The first-order valence-electron chi connectivity index (χ1n) is 5.63. The van der Waals surface area contributed by atoms with Gasteiger partial charge in [-0.05, 0) is 18.8 Å². The first-order chi connectivity index (χ1) is 8.20. The highest BCUT2D eigenvalue weighted by atomic mass is 16.5. The topological polar surface area (TPSA) is 75.8 Å². The molecule has 1 saturated heterocycles. The monoisotopic (exact) mass is 240 g/mol. The molecule has 0 aromatic carbocycles. The van der Waals surface area contributed by atoms with E-state index in [0.29, 0.717) is 11.9 Å². The number of ether oxygens (including phenoxy) is 1. The van der Waals surface area contributed by atoms with Crippen LogP contribution in [0.1, 0.15) is 23.3 Å². The van der Waals surface area contributed by atoms with Crippen molar-refractivity contribution in [2.24, 2.45) is 5.92 Å². The van der Waals surface area contributed by atoms with E-state index in [9.17, 15) is 4.79 Å². The van der Waals surface area contributed by atoms with E-state index < -0.39 is 5.97 Å². The zero-order valence-corrected chi connectivity index (χ0v) is 9.76. The van der Waals surface area contributed by atoms with Crippen LogP contribution in [0.25, 0.3) is 0 Å². The zero-order valence-electron chi connectivity index (χ0n) is 9.76. The van der Waals surface area contributed by atoms with Gasteiger partial charge in [-0.1, -0.05) is 0 Å². The average molecular weight is 240 g/mol. The summed E-state index contributed by atoms with van der Waals surface area (Å²) in [4.78, 5) is 16.6. The number of nitrogens with zero attached hydrogens (tertiary/aromatic N) is 2. The minimum absolute atomic E-state index is 0.0426. The second-order valence-corrected chi connectivity index (χ2v) is 4.21. The van der Waals surface area contributed by atoms with Gasteiger partial charge >= 0.3 is 5.97 Å². The fraction of sp³-hybridized carbons (Fsp3) is 0.636. The summed E-state index contributed by atoms with van der Waals surface area (Å²) in [6, 6.07) is 0.401. The molecule has 1 fully saturated rings. The van der Waals surface area contributed by atoms with Crippen molar-refractivity contribution in [3.8, 4) is 0 Å². The molecule has 17 heavy (non-hydrogen) atoms. The lowest BCUT2D eigenvalue weighted by atomic mass is 9.98. The Morgan fingerprint density at radius 2 is 2.35 bits per heavy atom. The van der Waals surface area contributed by atoms with Crippen LogP contribution in [-0.4, -0.2) is 42.9 Å². The first-order valence-corrected chi connectivity index (χ1v) is 5.63. The number of oxazole rings is 1. The van der Waals surface area contributed by atoms with Crippen LogP contribution >= 0.6 is 0 Å². The van der Waals surface area contributed by atoms with Gasteiger partial charge in [-0.3, -0.25) is 0 Å². The van der Waals surface area contributed by atoms with Crippen molar-refractivity contribution in [1.82, 2.24) is 4.98 Å². The van der Waals surface area contributed by atoms with Crippen molar-refractivity contribution >= 4 is 12.0 Å². The Hall–Kier alpha value is -1.56. The van der Waals surface area contributed by atoms with Crippen molar-refractivity contribution in [2.75, 3.05) is 31.7 Å². The quantitative estimate of drug-likeness (QED) is 0.853. The minimum atomic E-state index is -1.06. The number of aromatic carboxylic acids is 1. The molecule has 6 heteroatoms. The van der Waals surface area contributed by atoms with Crippen molar-refractivity contribution < 1.29 is 19.1 Å². The summed E-state index contributed by atoms with van der Waals surface area (Å²) >= 11 is 0. The second kappa shape index (κ2) is 5.18. The number of methoxy groups -OCH3 is 1. The number of aromatic nitrogens is 1. The number of piperidine rings is 1. The molecule has 0 bridgehead atoms. The fourth-order valence-electron chi connectivity index (χ4n) is 2.03. The van der Waals surface area contributed by atoms with Crippen LogP contribution in [0.2, 0.25) is 0 Å². The molecule has 2 rings (SSSR count). The third-order valence-electron chi connectivity index (χ3n) is 3.00. The molecule has 0 radical (unpaired) electrons. The molecule has 1 aromatic rings. The summed E-state index contributed by atoms with van der Waals surface area (Å²) in [6.07, 6.45) is 3.20. The lowest BCUT2D eigenvalue weighted by Gasteiger charge is -2.30. The van der Waals surface area contributed by atoms with Crippen LogP contribution in [0, 0.1) is 5.92 Å². The zero-order chi connectivity index (χ0) is 12.3. The van der Waals surface area contributed by atoms with Gasteiger partial charge in [0.05, 0.1) is 0 Å². The van der Waals surface area contributed by atoms with E-state index in [0.717, 1.165) is 32.5 Å². The SMILES string of the molecule is COCC1CCN(c2nc(C(=O)O)co2)CC1. The number of anilines is 1. The molecule has 1 aliphatic heterocycles. The van der Waals surface area contributed by atoms with Crippen LogP contribution in [-0.2, 0) is 4.74 Å². The van der Waals surface area contributed by atoms with Gasteiger partial charge in [0, 0.05) is 26.8 Å². The van der Waals surface area contributed by atoms with Gasteiger partial charge in [0.2, 0.25) is 0 Å². The van der Waals surface area contributed by atoms with Gasteiger partial charge in [0.25, 0.3) is 6.01 Å². The van der Waals surface area contributed by atoms with Crippen LogP contribution in [0.5, 0.6) is 0 Å². The highest BCUT2D eigenvalue weighted by molar-refractivity contribution is 5.85. The van der Waals surface area contributed by atoms with E-state index in [1.54, 1.807) is 7.11 Å². The third-order valence-corrected chi connectivity index (χ3v) is 3.00. The Kier molecular flexibility index (Phi) is 3.63. The second-order valence-electron chi connectivity index (χ2n) is 4.21. The standard InChI is InChI=1S/C11H16N2O4/c1-16-6-8-2-4-13(5-3-8)11-12-9(7-17-11)10(14)15/h7-8H,2-6H2,1H3,(H,14,15). The lowest BCUT2D eigenvalue weighted by Crippen LogP contribution is -2.35. The average Bonchev–Trinajstić information content (AvgIpc) is 2.80. The number of rotatable bonds is 4. The smallest absolute Gasteiger partial charge is 0.357 e. The number of hydrogen-bond acceptors (Lipinski definition) is 5. The number of carboxylic acids is 1. The summed E-state index contributed by atoms with van der Waals surface area (Å²) in [6.45, 7) is 2.43. The molecule has 0 saturated carbocycles. The van der Waals surface area contributed by atoms with Crippen LogP contribution in [0.4, 0.5) is 6.01 Å². The number of hydrogen-bond donors (Lipinski definition) is 1. The maximum Gasteiger partial charge on any atom is 0.357 e. The summed E-state index contributed by atoms with van der Waals surface area (Å²) in [5.41, 5.74) is -0.0426. The molecule has 1 N–H and O–H groups in total. The molecule has 94 valence electrons. The van der Waals surface area contributed by atoms with E-state index in [1.165, 1.54) is 6.26 Å². The van der Waals surface area contributed by atoms with Gasteiger partial charge in [0.15, 0.2) is 5.69 Å². The van der Waals surface area contributed by atoms with Crippen molar-refractivity contribution in [3.63, 3.8) is 0 Å². The molecule has 0 amide bonds. The highest BCUT2D eigenvalue weighted by Gasteiger charge is 2.23.